The Morgan fingerprint density at radius 1 is 1.34 bits per heavy atom. The minimum atomic E-state index is -0.670. The molecule has 0 spiro atoms. The van der Waals surface area contributed by atoms with Gasteiger partial charge in [-0.25, -0.2) is 9.78 Å². The van der Waals surface area contributed by atoms with Crippen LogP contribution < -0.4 is 10.6 Å². The monoisotopic (exact) mass is 463 g/mol. The number of fused-ring (bicyclic) bond motifs is 2. The number of ether oxygens (including phenoxy) is 1. The predicted molar refractivity (Wildman–Crippen MR) is 122 cm³/mol. The van der Waals surface area contributed by atoms with Crippen molar-refractivity contribution in [3.05, 3.63) is 23.2 Å². The summed E-state index contributed by atoms with van der Waals surface area (Å²) in [6, 6.07) is 0.275. The zero-order valence-corrected chi connectivity index (χ0v) is 19.5. The first kappa shape index (κ1) is 23.2. The molecule has 4 N–H and O–H groups in total. The number of aromatic nitrogens is 1. The Hall–Kier alpha value is -1.97. The van der Waals surface area contributed by atoms with Crippen LogP contribution in [0.1, 0.15) is 62.4 Å². The van der Waals surface area contributed by atoms with Crippen molar-refractivity contribution < 1.29 is 24.5 Å². The molecule has 0 bridgehead atoms. The second kappa shape index (κ2) is 8.76. The molecule has 8 nitrogen and oxygen atoms in total. The number of aliphatic hydroxyl groups is 2. The maximum Gasteiger partial charge on any atom is 0.413 e. The molecule has 4 rings (SSSR count). The molecule has 1 aromatic heterocycles. The van der Waals surface area contributed by atoms with Crippen LogP contribution in [-0.4, -0.2) is 52.6 Å². The Morgan fingerprint density at radius 3 is 2.75 bits per heavy atom. The zero-order chi connectivity index (χ0) is 23.1. The highest BCUT2D eigenvalue weighted by molar-refractivity contribution is 7.15. The number of carbonyl (C=O) groups is 2. The summed E-state index contributed by atoms with van der Waals surface area (Å²) in [5.41, 5.74) is -0.134. The normalized spacial score (nSPS) is 33.6. The maximum absolute atomic E-state index is 12.9. The van der Waals surface area contributed by atoms with Crippen LogP contribution in [0.2, 0.25) is 0 Å². The van der Waals surface area contributed by atoms with Crippen LogP contribution in [0.4, 0.5) is 9.93 Å². The Balaban J connectivity index is 1.68. The van der Waals surface area contributed by atoms with Gasteiger partial charge in [-0.1, -0.05) is 26.5 Å². The Bertz CT molecular complexity index is 900. The van der Waals surface area contributed by atoms with Gasteiger partial charge in [-0.2, -0.15) is 0 Å². The van der Waals surface area contributed by atoms with Crippen molar-refractivity contribution in [2.75, 3.05) is 18.5 Å². The number of rotatable bonds is 7. The third kappa shape index (κ3) is 4.18. The fraction of sp³-hybridized carbons (Fsp3) is 0.696. The number of aliphatic hydroxyl groups excluding tert-OH is 2. The van der Waals surface area contributed by atoms with Gasteiger partial charge in [0.05, 0.1) is 18.4 Å². The van der Waals surface area contributed by atoms with Crippen molar-refractivity contribution >= 4 is 28.5 Å². The van der Waals surface area contributed by atoms with E-state index in [2.05, 4.69) is 24.1 Å². The quantitative estimate of drug-likeness (QED) is 0.462. The topological polar surface area (TPSA) is 121 Å². The summed E-state index contributed by atoms with van der Waals surface area (Å²) in [6.45, 7) is 7.63. The Labute approximate surface area is 192 Å². The highest BCUT2D eigenvalue weighted by Gasteiger charge is 2.59. The highest BCUT2D eigenvalue weighted by Crippen LogP contribution is 2.62. The highest BCUT2D eigenvalue weighted by atomic mass is 32.1. The van der Waals surface area contributed by atoms with E-state index in [1.807, 2.05) is 6.92 Å². The molecule has 0 unspecified atom stereocenters. The molecule has 0 saturated heterocycles. The molecular formula is C23H33N3O5S. The van der Waals surface area contributed by atoms with E-state index in [-0.39, 0.29) is 42.4 Å². The first-order valence-electron chi connectivity index (χ1n) is 11.3. The fourth-order valence-electron chi connectivity index (χ4n) is 5.66. The van der Waals surface area contributed by atoms with Crippen LogP contribution in [0.15, 0.2) is 12.7 Å². The largest absolute Gasteiger partial charge is 0.445 e. The van der Waals surface area contributed by atoms with Crippen molar-refractivity contribution in [1.29, 1.82) is 0 Å². The number of anilines is 1. The Kier molecular flexibility index (Phi) is 6.35. The molecular weight excluding hydrogens is 430 g/mol. The first-order chi connectivity index (χ1) is 15.2. The first-order valence-corrected chi connectivity index (χ1v) is 12.2. The van der Waals surface area contributed by atoms with Crippen LogP contribution in [-0.2, 0) is 16.0 Å². The summed E-state index contributed by atoms with van der Waals surface area (Å²) < 4.78 is 5.02. The molecule has 9 heteroatoms. The van der Waals surface area contributed by atoms with E-state index < -0.39 is 17.6 Å². The standard InChI is InChI=1S/C23H33N3O5S/c1-4-9-31-21(30)26-20-25-19-14(10-18(29)24-13-5-6-13)22(2)8-7-17(28)23(3,12-27)16(22)11-15(19)32-20/h4,13-14,16-17,27-28H,1,5-12H2,2-3H3,(H,24,29)(H,25,26,30)/t14-,16+,17-,22+,23+/m1/s1. The summed E-state index contributed by atoms with van der Waals surface area (Å²) in [6.07, 6.45) is 4.60. The average molecular weight is 464 g/mol. The van der Waals surface area contributed by atoms with E-state index >= 15 is 0 Å². The number of nitrogens with zero attached hydrogens (tertiary/aromatic N) is 1. The summed E-state index contributed by atoms with van der Waals surface area (Å²) in [4.78, 5) is 30.6. The van der Waals surface area contributed by atoms with E-state index in [9.17, 15) is 19.8 Å². The van der Waals surface area contributed by atoms with Crippen molar-refractivity contribution in [2.45, 2.75) is 70.4 Å². The number of amides is 2. The van der Waals surface area contributed by atoms with Crippen molar-refractivity contribution in [1.82, 2.24) is 10.3 Å². The lowest BCUT2D eigenvalue weighted by molar-refractivity contribution is -0.144. The molecule has 1 aromatic rings. The van der Waals surface area contributed by atoms with Gasteiger partial charge in [0.25, 0.3) is 0 Å². The smallest absolute Gasteiger partial charge is 0.413 e. The molecule has 0 radical (unpaired) electrons. The van der Waals surface area contributed by atoms with Crippen molar-refractivity contribution in [2.24, 2.45) is 16.7 Å². The summed E-state index contributed by atoms with van der Waals surface area (Å²) in [7, 11) is 0. The summed E-state index contributed by atoms with van der Waals surface area (Å²) in [5.74, 6) is -0.171. The fourth-order valence-corrected chi connectivity index (χ4v) is 6.71. The average Bonchev–Trinajstić information content (AvgIpc) is 3.48. The molecule has 0 aromatic carbocycles. The Morgan fingerprint density at radius 2 is 2.09 bits per heavy atom. The van der Waals surface area contributed by atoms with Gasteiger partial charge in [0, 0.05) is 28.7 Å². The molecule has 0 aliphatic heterocycles. The molecule has 176 valence electrons. The van der Waals surface area contributed by atoms with Crippen LogP contribution in [0.3, 0.4) is 0 Å². The minimum absolute atomic E-state index is 0.00931. The number of hydrogen-bond donors (Lipinski definition) is 4. The van der Waals surface area contributed by atoms with Crippen molar-refractivity contribution in [3.63, 3.8) is 0 Å². The molecule has 3 aliphatic carbocycles. The lowest BCUT2D eigenvalue weighted by Crippen LogP contribution is -2.57. The lowest BCUT2D eigenvalue weighted by Gasteiger charge is -2.58. The van der Waals surface area contributed by atoms with Crippen molar-refractivity contribution in [3.8, 4) is 0 Å². The van der Waals surface area contributed by atoms with E-state index in [1.165, 1.54) is 17.4 Å². The van der Waals surface area contributed by atoms with Gasteiger partial charge < -0.3 is 20.3 Å². The van der Waals surface area contributed by atoms with E-state index in [0.29, 0.717) is 24.4 Å². The van der Waals surface area contributed by atoms with Gasteiger partial charge in [-0.3, -0.25) is 10.1 Å². The number of hydrogen-bond acceptors (Lipinski definition) is 7. The van der Waals surface area contributed by atoms with Gasteiger partial charge in [-0.05, 0) is 43.4 Å². The second-order valence-corrected chi connectivity index (χ2v) is 11.0. The van der Waals surface area contributed by atoms with Gasteiger partial charge in [0.1, 0.15) is 6.61 Å². The second-order valence-electron chi connectivity index (χ2n) is 9.92. The molecule has 32 heavy (non-hydrogen) atoms. The van der Waals surface area contributed by atoms with E-state index in [0.717, 1.165) is 29.8 Å². The van der Waals surface area contributed by atoms with E-state index in [4.69, 9.17) is 9.72 Å². The van der Waals surface area contributed by atoms with Gasteiger partial charge in [0.15, 0.2) is 5.13 Å². The van der Waals surface area contributed by atoms with Crippen LogP contribution in [0, 0.1) is 16.7 Å². The third-order valence-corrected chi connectivity index (χ3v) is 8.78. The van der Waals surface area contributed by atoms with Crippen LogP contribution in [0.25, 0.3) is 0 Å². The molecule has 2 saturated carbocycles. The number of carbonyl (C=O) groups excluding carboxylic acids is 2. The van der Waals surface area contributed by atoms with Crippen LogP contribution in [0.5, 0.6) is 0 Å². The molecule has 1 heterocycles. The summed E-state index contributed by atoms with van der Waals surface area (Å²) in [5, 5.41) is 27.3. The predicted octanol–water partition coefficient (Wildman–Crippen LogP) is 2.96. The molecule has 3 aliphatic rings. The molecule has 2 amide bonds. The minimum Gasteiger partial charge on any atom is -0.445 e. The van der Waals surface area contributed by atoms with Gasteiger partial charge >= 0.3 is 6.09 Å². The lowest BCUT2D eigenvalue weighted by atomic mass is 9.47. The molecule has 2 fully saturated rings. The van der Waals surface area contributed by atoms with Gasteiger partial charge in [-0.15, -0.1) is 11.3 Å². The summed E-state index contributed by atoms with van der Waals surface area (Å²) >= 11 is 1.38. The third-order valence-electron chi connectivity index (χ3n) is 7.77. The zero-order valence-electron chi connectivity index (χ0n) is 18.7. The van der Waals surface area contributed by atoms with E-state index in [1.54, 1.807) is 0 Å². The maximum atomic E-state index is 12.9. The van der Waals surface area contributed by atoms with Gasteiger partial charge in [0.2, 0.25) is 5.91 Å². The number of thiazole rings is 1. The SMILES string of the molecule is C=CCOC(=O)Nc1nc2c(s1)C[C@@H]1[C@](C)(CO)[C@H](O)CC[C@@]1(C)[C@@H]2CC(=O)NC1CC1. The van der Waals surface area contributed by atoms with Crippen LogP contribution >= 0.6 is 11.3 Å². The molecule has 5 atom stereocenters. The number of nitrogens with one attached hydrogen (secondary N) is 2.